The lowest BCUT2D eigenvalue weighted by atomic mass is 9.80. The van der Waals surface area contributed by atoms with Crippen LogP contribution in [0, 0.1) is 19.8 Å². The molecule has 27 heteroatoms. The molecule has 24 nitrogen and oxygen atoms in total. The molecule has 0 unspecified atom stereocenters. The molecule has 0 bridgehead atoms. The third-order valence-corrected chi connectivity index (χ3v) is 25.9. The average Bonchev–Trinajstić information content (AvgIpc) is 1.61. The Bertz CT molecular complexity index is 4230. The van der Waals surface area contributed by atoms with Gasteiger partial charge in [0.05, 0.1) is 31.4 Å². The van der Waals surface area contributed by atoms with Gasteiger partial charge in [-0.3, -0.25) is 28.8 Å². The molecular formula is C81H113N15O9S3. The fourth-order valence-corrected chi connectivity index (χ4v) is 18.6. The molecule has 0 radical (unpaired) electrons. The number of carbonyl (C=O) groups excluding carboxylic acids is 6. The van der Waals surface area contributed by atoms with Gasteiger partial charge in [-0.1, -0.05) is 32.1 Å². The van der Waals surface area contributed by atoms with Crippen molar-refractivity contribution in [1.82, 2.24) is 60.6 Å². The number of pyridine rings is 3. The van der Waals surface area contributed by atoms with Crippen LogP contribution in [0.3, 0.4) is 0 Å². The number of piperidine rings is 1. The maximum atomic E-state index is 13.8. The number of anilines is 3. The fourth-order valence-electron chi connectivity index (χ4n) is 15.5. The zero-order chi connectivity index (χ0) is 77.0. The second-order valence-corrected chi connectivity index (χ2v) is 36.6. The van der Waals surface area contributed by atoms with Gasteiger partial charge in [0.2, 0.25) is 0 Å². The summed E-state index contributed by atoms with van der Waals surface area (Å²) in [4.78, 5) is 115. The monoisotopic (exact) mass is 1540 g/mol. The van der Waals surface area contributed by atoms with Gasteiger partial charge in [0, 0.05) is 110 Å². The third kappa shape index (κ3) is 20.0. The molecule has 6 aromatic heterocycles. The van der Waals surface area contributed by atoms with E-state index in [9.17, 15) is 44.1 Å². The molecular weight excluding hydrogens is 1420 g/mol. The molecule has 6 aromatic rings. The summed E-state index contributed by atoms with van der Waals surface area (Å²) >= 11 is 3.67. The number of thiazole rings is 3. The topological polar surface area (TPSA) is 322 Å². The molecule has 5 aliphatic carbocycles. The van der Waals surface area contributed by atoms with Crippen LogP contribution in [0.4, 0.5) is 17.5 Å². The molecule has 6 amide bonds. The van der Waals surface area contributed by atoms with E-state index < -0.39 is 22.7 Å². The third-order valence-electron chi connectivity index (χ3n) is 22.6. The lowest BCUT2D eigenvalue weighted by Crippen LogP contribution is -2.47. The molecule has 3 saturated heterocycles. The Balaban J connectivity index is 0.000000151. The van der Waals surface area contributed by atoms with Crippen molar-refractivity contribution in [3.63, 3.8) is 0 Å². The fraction of sp³-hybridized carbons (Fsp3) is 0.630. The van der Waals surface area contributed by atoms with Gasteiger partial charge in [-0.25, -0.2) is 29.9 Å². The van der Waals surface area contributed by atoms with E-state index in [4.69, 9.17) is 4.98 Å². The summed E-state index contributed by atoms with van der Waals surface area (Å²) in [5, 5.41) is 50.2. The Kier molecular flexibility index (Phi) is 25.1. The first-order valence-corrected chi connectivity index (χ1v) is 42.1. The van der Waals surface area contributed by atoms with Crippen molar-refractivity contribution in [2.45, 2.75) is 282 Å². The predicted molar refractivity (Wildman–Crippen MR) is 426 cm³/mol. The zero-order valence-electron chi connectivity index (χ0n) is 65.1. The summed E-state index contributed by atoms with van der Waals surface area (Å²) in [5.41, 5.74) is 3.70. The van der Waals surface area contributed by atoms with Crippen LogP contribution in [0.15, 0.2) is 36.8 Å². The van der Waals surface area contributed by atoms with Crippen molar-refractivity contribution in [2.24, 2.45) is 5.92 Å². The lowest BCUT2D eigenvalue weighted by molar-refractivity contribution is -0.0300. The number of hydrogen-bond acceptors (Lipinski definition) is 21. The second kappa shape index (κ2) is 34.0. The molecule has 9 heterocycles. The molecule has 14 rings (SSSR count). The first kappa shape index (κ1) is 80.0. The lowest BCUT2D eigenvalue weighted by Gasteiger charge is -2.36. The second-order valence-electron chi connectivity index (χ2n) is 33.6. The van der Waals surface area contributed by atoms with Crippen molar-refractivity contribution < 1.29 is 44.1 Å². The largest absolute Gasteiger partial charge is 0.389 e. The number of nitrogens with one attached hydrogen (secondary N) is 6. The number of rotatable bonds is 23. The van der Waals surface area contributed by atoms with Crippen molar-refractivity contribution in [1.29, 1.82) is 0 Å². The van der Waals surface area contributed by atoms with Gasteiger partial charge < -0.3 is 61.9 Å². The summed E-state index contributed by atoms with van der Waals surface area (Å²) in [5.74, 6) is 2.10. The molecule has 3 atom stereocenters. The molecule has 5 saturated carbocycles. The van der Waals surface area contributed by atoms with E-state index in [-0.39, 0.29) is 87.9 Å². The van der Waals surface area contributed by atoms with Crippen molar-refractivity contribution in [2.75, 3.05) is 55.2 Å². The number of likely N-dealkylation sites (tertiary alicyclic amines) is 3. The number of aromatic nitrogens is 6. The van der Waals surface area contributed by atoms with Crippen molar-refractivity contribution in [3.05, 3.63) is 85.6 Å². The standard InChI is InChI=1S/C29H41N5O3S.C26H35N5O3S.C26H37N5O3S/c1-18-9-7-8-14-34(18)28(36)24-25(38-27(33-24)26(35)31-17-29(2,3)37)22-16-30-23(15-21(22)19-12-13-19)32-20-10-5-4-6-11-20;1-16-13-20(29-18-8-3-4-9-18)27-14-19(16)22-21(25(33)31-12-5-7-17(31)2)30-24(35-22)23(32)28-15-26(34)10-6-11-26;1-15-12-19(30-26(5,6)17-9-10-17)27-13-18(15)21-20(24(33)31-11-7-8-16(31)2)29-23(35-21)22(32)28-14-25(3,4)34/h15-16,18-20,37H,4-14,17H2,1-3H3,(H,30,32)(H,31,35);13-14,17-18,34H,3-12,15H2,1-2H3,(H,27,29)(H,28,32);12-13,16-17,34H,7-11,14H2,1-6H3,(H,27,30)(H,28,32)/t18-;17-;16-/m000/s1. The van der Waals surface area contributed by atoms with Gasteiger partial charge in [0.15, 0.2) is 15.0 Å². The van der Waals surface area contributed by atoms with Crippen molar-refractivity contribution in [3.8, 4) is 31.3 Å². The highest BCUT2D eigenvalue weighted by atomic mass is 32.1. The number of carbonyl (C=O) groups is 6. The van der Waals surface area contributed by atoms with Gasteiger partial charge >= 0.3 is 0 Å². The first-order chi connectivity index (χ1) is 51.4. The van der Waals surface area contributed by atoms with Crippen LogP contribution >= 0.6 is 34.0 Å². The molecule has 584 valence electrons. The Morgan fingerprint density at radius 3 is 1.27 bits per heavy atom. The molecule has 9 N–H and O–H groups in total. The van der Waals surface area contributed by atoms with Crippen LogP contribution in [0.1, 0.15) is 293 Å². The van der Waals surface area contributed by atoms with Gasteiger partial charge in [0.25, 0.3) is 35.4 Å². The van der Waals surface area contributed by atoms with Crippen LogP contribution in [-0.2, 0) is 0 Å². The molecule has 0 aromatic carbocycles. The SMILES string of the molecule is C[C@H]1CCCCN1C(=O)c1nc(C(=O)NCC(C)(C)O)sc1-c1cnc(NC2CCCCC2)cc1C1CC1.Cc1cc(NC(C)(C)C2CC2)ncc1-c1sc(C(=O)NCC(C)(C)O)nc1C(=O)N1CCC[C@@H]1C.Cc1cc(NC2CCCC2)ncc1-c1sc(C(=O)NCC2(O)CCC2)nc1C(=O)N1CCC[C@@H]1C. The van der Waals surface area contributed by atoms with E-state index in [1.165, 1.54) is 97.4 Å². The summed E-state index contributed by atoms with van der Waals surface area (Å²) in [6.07, 6.45) is 30.4. The van der Waals surface area contributed by atoms with E-state index in [0.29, 0.717) is 83.2 Å². The van der Waals surface area contributed by atoms with Crippen LogP contribution in [0.5, 0.6) is 0 Å². The number of amides is 6. The number of nitrogens with zero attached hydrogens (tertiary/aromatic N) is 9. The van der Waals surface area contributed by atoms with Crippen LogP contribution in [0.2, 0.25) is 0 Å². The predicted octanol–water partition coefficient (Wildman–Crippen LogP) is 13.7. The minimum absolute atomic E-state index is 0.0236. The average molecular weight is 1540 g/mol. The van der Waals surface area contributed by atoms with E-state index in [2.05, 4.69) is 90.6 Å². The Morgan fingerprint density at radius 2 is 0.870 bits per heavy atom. The highest BCUT2D eigenvalue weighted by molar-refractivity contribution is 7.18. The van der Waals surface area contributed by atoms with Gasteiger partial charge in [0.1, 0.15) is 34.5 Å². The quantitative estimate of drug-likeness (QED) is 0.0288. The molecule has 8 aliphatic rings. The molecule has 3 aliphatic heterocycles. The van der Waals surface area contributed by atoms with Crippen LogP contribution in [-0.4, -0.2) is 187 Å². The highest BCUT2D eigenvalue weighted by Gasteiger charge is 2.41. The minimum Gasteiger partial charge on any atom is -0.389 e. The van der Waals surface area contributed by atoms with E-state index in [0.717, 1.165) is 127 Å². The van der Waals surface area contributed by atoms with E-state index >= 15 is 0 Å². The highest BCUT2D eigenvalue weighted by Crippen LogP contribution is 2.48. The van der Waals surface area contributed by atoms with E-state index in [1.54, 1.807) is 40.1 Å². The van der Waals surface area contributed by atoms with Crippen molar-refractivity contribution >= 4 is 86.9 Å². The molecule has 0 spiro atoms. The van der Waals surface area contributed by atoms with Gasteiger partial charge in [-0.2, -0.15) is 0 Å². The van der Waals surface area contributed by atoms with Crippen LogP contribution in [0.25, 0.3) is 31.3 Å². The molecule has 108 heavy (non-hydrogen) atoms. The summed E-state index contributed by atoms with van der Waals surface area (Å²) in [6.45, 7) is 23.6. The zero-order valence-corrected chi connectivity index (χ0v) is 67.5. The number of aliphatic hydroxyl groups is 3. The van der Waals surface area contributed by atoms with E-state index in [1.807, 2.05) is 53.8 Å². The minimum atomic E-state index is -1.04. The normalized spacial score (nSPS) is 20.4. The van der Waals surface area contributed by atoms with Crippen LogP contribution < -0.4 is 31.9 Å². The summed E-state index contributed by atoms with van der Waals surface area (Å²) in [6, 6.07) is 7.53. The first-order valence-electron chi connectivity index (χ1n) is 39.6. The summed E-state index contributed by atoms with van der Waals surface area (Å²) < 4.78 is 0. The Hall–Kier alpha value is -7.56. The smallest absolute Gasteiger partial charge is 0.280 e. The summed E-state index contributed by atoms with van der Waals surface area (Å²) in [7, 11) is 0. The van der Waals surface area contributed by atoms with Gasteiger partial charge in [-0.15, -0.1) is 34.0 Å². The Morgan fingerprint density at radius 1 is 0.481 bits per heavy atom. The maximum absolute atomic E-state index is 13.8. The molecule has 8 fully saturated rings. The maximum Gasteiger partial charge on any atom is 0.280 e. The Labute approximate surface area is 648 Å². The number of hydrogen-bond donors (Lipinski definition) is 9. The number of aryl methyl sites for hydroxylation is 2. The van der Waals surface area contributed by atoms with Gasteiger partial charge in [-0.05, 0) is 238 Å².